The molecule has 2 aliphatic rings. The molecule has 2 aliphatic carbocycles. The molecule has 0 saturated heterocycles. The van der Waals surface area contributed by atoms with E-state index >= 15 is 0 Å². The fourth-order valence-corrected chi connectivity index (χ4v) is 7.80. The van der Waals surface area contributed by atoms with E-state index in [1.165, 1.54) is 38.5 Å². The van der Waals surface area contributed by atoms with E-state index in [2.05, 4.69) is 146 Å². The number of alkyl halides is 1. The minimum atomic E-state index is -0.0961. The Hall–Kier alpha value is -5.25. The van der Waals surface area contributed by atoms with E-state index < -0.39 is 0 Å². The third-order valence-corrected chi connectivity index (χ3v) is 10.2. The molecule has 0 spiro atoms. The van der Waals surface area contributed by atoms with Crippen LogP contribution in [0.2, 0.25) is 0 Å². The second-order valence-corrected chi connectivity index (χ2v) is 13.7. The average Bonchev–Trinajstić information content (AvgIpc) is 3.56. The largest absolute Gasteiger partial charge is 0.309 e. The van der Waals surface area contributed by atoms with Gasteiger partial charge in [0.2, 0.25) is 0 Å². The number of hydrogen-bond donors (Lipinski definition) is 0. The predicted molar refractivity (Wildman–Crippen MR) is 196 cm³/mol. The van der Waals surface area contributed by atoms with Crippen molar-refractivity contribution in [3.8, 4) is 39.5 Å². The van der Waals surface area contributed by atoms with Crippen molar-refractivity contribution in [1.82, 2.24) is 14.5 Å². The van der Waals surface area contributed by atoms with Gasteiger partial charge < -0.3 is 4.57 Å². The summed E-state index contributed by atoms with van der Waals surface area (Å²) in [5.74, 6) is 0.709. The first kappa shape index (κ1) is 28.0. The number of aromatic nitrogens is 3. The van der Waals surface area contributed by atoms with Crippen LogP contribution >= 0.6 is 11.6 Å². The molecule has 47 heavy (non-hydrogen) atoms. The predicted octanol–water partition coefficient (Wildman–Crippen LogP) is 11.2. The van der Waals surface area contributed by atoms with Crippen molar-refractivity contribution in [2.75, 3.05) is 0 Å². The zero-order chi connectivity index (χ0) is 31.7. The molecule has 5 aromatic carbocycles. The average molecular weight is 626 g/mol. The normalized spacial score (nSPS) is 16.3. The van der Waals surface area contributed by atoms with Crippen LogP contribution in [0.25, 0.3) is 66.8 Å². The highest BCUT2D eigenvalue weighted by atomic mass is 35.5. The van der Waals surface area contributed by atoms with Gasteiger partial charge in [0.05, 0.1) is 27.8 Å². The quantitative estimate of drug-likeness (QED) is 0.182. The lowest BCUT2D eigenvalue weighted by Crippen LogP contribution is -2.15. The van der Waals surface area contributed by atoms with Gasteiger partial charge in [-0.15, -0.1) is 11.6 Å². The Kier molecular flexibility index (Phi) is 6.35. The Balaban J connectivity index is 1.23. The Bertz CT molecular complexity index is 2430. The highest BCUT2D eigenvalue weighted by molar-refractivity contribution is 6.22. The van der Waals surface area contributed by atoms with Crippen molar-refractivity contribution in [3.05, 3.63) is 156 Å². The number of hydrogen-bond acceptors (Lipinski definition) is 2. The summed E-state index contributed by atoms with van der Waals surface area (Å²) in [6.07, 6.45) is 6.93. The number of para-hydroxylation sites is 2. The summed E-state index contributed by atoms with van der Waals surface area (Å²) in [6, 6.07) is 43.5. The third kappa shape index (κ3) is 4.49. The van der Waals surface area contributed by atoms with Crippen molar-refractivity contribution < 1.29 is 0 Å². The molecule has 1 unspecified atom stereocenters. The molecule has 0 fully saturated rings. The van der Waals surface area contributed by atoms with Gasteiger partial charge in [-0.2, -0.15) is 0 Å². The van der Waals surface area contributed by atoms with Gasteiger partial charge in [0.15, 0.2) is 5.82 Å². The number of benzene rings is 5. The van der Waals surface area contributed by atoms with E-state index in [1.54, 1.807) is 0 Å². The molecule has 1 atom stereocenters. The Labute approximate surface area is 279 Å². The first-order valence-electron chi connectivity index (χ1n) is 16.2. The fourth-order valence-electron chi connectivity index (χ4n) is 7.55. The molecular weight excluding hydrogens is 594 g/mol. The molecule has 2 aromatic heterocycles. The molecule has 0 amide bonds. The summed E-state index contributed by atoms with van der Waals surface area (Å²) >= 11 is 6.61. The summed E-state index contributed by atoms with van der Waals surface area (Å²) in [7, 11) is 0. The van der Waals surface area contributed by atoms with E-state index in [9.17, 15) is 0 Å². The van der Waals surface area contributed by atoms with Gasteiger partial charge in [-0.05, 0) is 82.8 Å². The van der Waals surface area contributed by atoms with E-state index in [1.807, 2.05) is 12.2 Å². The smallest absolute Gasteiger partial charge is 0.160 e. The van der Waals surface area contributed by atoms with Gasteiger partial charge in [0.25, 0.3) is 0 Å². The fraction of sp³-hybridized carbons (Fsp3) is 0.116. The Morgan fingerprint density at radius 3 is 2.26 bits per heavy atom. The lowest BCUT2D eigenvalue weighted by Gasteiger charge is -2.22. The van der Waals surface area contributed by atoms with Crippen molar-refractivity contribution in [2.24, 2.45) is 0 Å². The van der Waals surface area contributed by atoms with Crippen molar-refractivity contribution >= 4 is 39.0 Å². The summed E-state index contributed by atoms with van der Waals surface area (Å²) in [5, 5.41) is 2.32. The van der Waals surface area contributed by atoms with Crippen molar-refractivity contribution in [1.29, 1.82) is 0 Å². The molecule has 7 aromatic rings. The molecule has 226 valence electrons. The molecule has 9 rings (SSSR count). The zero-order valence-electron chi connectivity index (χ0n) is 26.3. The van der Waals surface area contributed by atoms with Crippen molar-refractivity contribution in [3.63, 3.8) is 0 Å². The molecule has 0 radical (unpaired) electrons. The van der Waals surface area contributed by atoms with E-state index in [-0.39, 0.29) is 10.8 Å². The molecule has 0 aliphatic heterocycles. The molecule has 0 N–H and O–H groups in total. The van der Waals surface area contributed by atoms with Gasteiger partial charge >= 0.3 is 0 Å². The number of allylic oxidation sites excluding steroid dienone is 4. The second kappa shape index (κ2) is 10.7. The lowest BCUT2D eigenvalue weighted by atomic mass is 9.82. The summed E-state index contributed by atoms with van der Waals surface area (Å²) in [5.41, 5.74) is 13.7. The van der Waals surface area contributed by atoms with Gasteiger partial charge in [0.1, 0.15) is 0 Å². The maximum Gasteiger partial charge on any atom is 0.160 e. The maximum absolute atomic E-state index is 6.61. The topological polar surface area (TPSA) is 30.7 Å². The van der Waals surface area contributed by atoms with Crippen LogP contribution in [0, 0.1) is 0 Å². The van der Waals surface area contributed by atoms with Gasteiger partial charge in [-0.25, -0.2) is 9.97 Å². The molecule has 2 heterocycles. The van der Waals surface area contributed by atoms with Crippen LogP contribution < -0.4 is 0 Å². The standard InChI is InChI=1S/C43H32ClN3/c1-43(2)36-17-8-6-15-32(36)33-21-19-28(25-37(33)43)39-26-38(27-11-10-12-30(44)23-27)45-42(46-39)29-20-22-41-35(24-29)34-16-7-9-18-40(34)47(41)31-13-4-3-5-14-31/h3-22,24-26,30H,23H2,1-2H3. The summed E-state index contributed by atoms with van der Waals surface area (Å²) in [4.78, 5) is 10.5. The van der Waals surface area contributed by atoms with Crippen LogP contribution in [-0.2, 0) is 5.41 Å². The van der Waals surface area contributed by atoms with E-state index in [0.717, 1.165) is 45.7 Å². The minimum Gasteiger partial charge on any atom is -0.309 e. The van der Waals surface area contributed by atoms with Crippen LogP contribution in [-0.4, -0.2) is 19.9 Å². The van der Waals surface area contributed by atoms with Crippen LogP contribution in [0.4, 0.5) is 0 Å². The third-order valence-electron chi connectivity index (χ3n) is 9.91. The first-order valence-corrected chi connectivity index (χ1v) is 16.6. The maximum atomic E-state index is 6.61. The molecule has 3 nitrogen and oxygen atoms in total. The first-order chi connectivity index (χ1) is 23.0. The monoisotopic (exact) mass is 625 g/mol. The van der Waals surface area contributed by atoms with Gasteiger partial charge in [-0.1, -0.05) is 105 Å². The van der Waals surface area contributed by atoms with Crippen LogP contribution in [0.1, 0.15) is 37.1 Å². The molecular formula is C43H32ClN3. The van der Waals surface area contributed by atoms with Crippen molar-refractivity contribution in [2.45, 2.75) is 31.1 Å². The summed E-state index contributed by atoms with van der Waals surface area (Å²) in [6.45, 7) is 4.64. The Morgan fingerprint density at radius 1 is 0.660 bits per heavy atom. The Morgan fingerprint density at radius 2 is 1.38 bits per heavy atom. The SMILES string of the molecule is CC1(C)c2ccccc2-c2ccc(-c3cc(C4=CC=CC(Cl)C4)nc(-c4ccc5c(c4)c4ccccc4n5-c4ccccc4)n3)cc21. The highest BCUT2D eigenvalue weighted by Crippen LogP contribution is 2.49. The molecule has 4 heteroatoms. The van der Waals surface area contributed by atoms with Crippen LogP contribution in [0.15, 0.2) is 140 Å². The van der Waals surface area contributed by atoms with Gasteiger partial charge in [-0.3, -0.25) is 0 Å². The van der Waals surface area contributed by atoms with Gasteiger partial charge in [0, 0.05) is 33.0 Å². The second-order valence-electron chi connectivity index (χ2n) is 13.1. The number of halogens is 1. The minimum absolute atomic E-state index is 0.0587. The highest BCUT2D eigenvalue weighted by Gasteiger charge is 2.35. The van der Waals surface area contributed by atoms with E-state index in [4.69, 9.17) is 21.6 Å². The van der Waals surface area contributed by atoms with Crippen LogP contribution in [0.3, 0.4) is 0 Å². The number of rotatable bonds is 4. The molecule has 0 saturated carbocycles. The number of nitrogens with zero attached hydrogens (tertiary/aromatic N) is 3. The van der Waals surface area contributed by atoms with Crippen LogP contribution in [0.5, 0.6) is 0 Å². The number of fused-ring (bicyclic) bond motifs is 6. The van der Waals surface area contributed by atoms with E-state index in [0.29, 0.717) is 5.82 Å². The zero-order valence-corrected chi connectivity index (χ0v) is 27.0. The lowest BCUT2D eigenvalue weighted by molar-refractivity contribution is 0.660. The molecule has 0 bridgehead atoms. The summed E-state index contributed by atoms with van der Waals surface area (Å²) < 4.78 is 2.33.